The number of imidazole rings is 1. The Morgan fingerprint density at radius 3 is 2.57 bits per heavy atom. The minimum absolute atomic E-state index is 0.0403. The Balaban J connectivity index is 1.49. The maximum atomic E-state index is 13.7. The third kappa shape index (κ3) is 6.07. The number of halogens is 1. The van der Waals surface area contributed by atoms with Crippen LogP contribution in [-0.4, -0.2) is 30.1 Å². The van der Waals surface area contributed by atoms with E-state index < -0.39 is 5.82 Å². The summed E-state index contributed by atoms with van der Waals surface area (Å²) in [6.45, 7) is 2.06. The van der Waals surface area contributed by atoms with E-state index in [2.05, 4.69) is 4.98 Å². The molecule has 0 atom stereocenters. The minimum atomic E-state index is -0.438. The molecular weight excluding hydrogens is 363 g/mol. The van der Waals surface area contributed by atoms with E-state index >= 15 is 0 Å². The molecule has 0 saturated heterocycles. The van der Waals surface area contributed by atoms with Crippen LogP contribution < -0.4 is 9.47 Å². The first kappa shape index (κ1) is 19.9. The largest absolute Gasteiger partial charge is 0.487 e. The lowest BCUT2D eigenvalue weighted by molar-refractivity contribution is 0.0507. The van der Waals surface area contributed by atoms with Crippen LogP contribution in [0.5, 0.6) is 11.5 Å². The Morgan fingerprint density at radius 1 is 1.00 bits per heavy atom. The highest BCUT2D eigenvalue weighted by Gasteiger charge is 2.07. The van der Waals surface area contributed by atoms with Crippen molar-refractivity contribution < 1.29 is 23.3 Å². The molecule has 0 saturated carbocycles. The smallest absolute Gasteiger partial charge is 0.188 e. The van der Waals surface area contributed by atoms with Gasteiger partial charge in [0.25, 0.3) is 0 Å². The summed E-state index contributed by atoms with van der Waals surface area (Å²) in [5.74, 6) is 0.283. The summed E-state index contributed by atoms with van der Waals surface area (Å²) < 4.78 is 37.2. The van der Waals surface area contributed by atoms with Crippen LogP contribution in [0.2, 0.25) is 0 Å². The third-order valence-corrected chi connectivity index (χ3v) is 3.96. The molecule has 0 amide bonds. The van der Waals surface area contributed by atoms with E-state index in [1.807, 2.05) is 34.9 Å². The Bertz CT molecular complexity index is 855. The lowest BCUT2D eigenvalue weighted by atomic mass is 10.2. The number of methoxy groups -OCH3 is 1. The van der Waals surface area contributed by atoms with Gasteiger partial charge in [0.2, 0.25) is 0 Å². The number of ether oxygens (including phenoxy) is 4. The van der Waals surface area contributed by atoms with E-state index in [4.69, 9.17) is 18.9 Å². The molecule has 7 heteroatoms. The van der Waals surface area contributed by atoms with Crippen LogP contribution in [0.3, 0.4) is 0 Å². The standard InChI is InChI=1S/C21H23FN2O4/c1-25-16-28-21-10-18(22)9-20(11-21)27-14-19-12-23-15-24(19)7-8-26-13-17-5-3-2-4-6-17/h2-6,9-12,15H,7-8,13-14,16H2,1H3. The fraction of sp³-hybridized carbons (Fsp3) is 0.286. The fourth-order valence-corrected chi connectivity index (χ4v) is 2.58. The van der Waals surface area contributed by atoms with Gasteiger partial charge in [-0.25, -0.2) is 9.37 Å². The fourth-order valence-electron chi connectivity index (χ4n) is 2.58. The quantitative estimate of drug-likeness (QED) is 0.371. The van der Waals surface area contributed by atoms with E-state index in [0.29, 0.717) is 31.3 Å². The first-order valence-electron chi connectivity index (χ1n) is 8.90. The zero-order valence-corrected chi connectivity index (χ0v) is 15.7. The summed E-state index contributed by atoms with van der Waals surface area (Å²) >= 11 is 0. The first-order valence-corrected chi connectivity index (χ1v) is 8.90. The number of hydrogen-bond donors (Lipinski definition) is 0. The highest BCUT2D eigenvalue weighted by atomic mass is 19.1. The molecule has 0 fully saturated rings. The summed E-state index contributed by atoms with van der Waals surface area (Å²) in [6, 6.07) is 14.2. The first-order chi connectivity index (χ1) is 13.7. The molecule has 28 heavy (non-hydrogen) atoms. The van der Waals surface area contributed by atoms with Crippen molar-refractivity contribution in [2.75, 3.05) is 20.5 Å². The van der Waals surface area contributed by atoms with Crippen molar-refractivity contribution in [3.8, 4) is 11.5 Å². The van der Waals surface area contributed by atoms with Crippen molar-refractivity contribution in [1.82, 2.24) is 9.55 Å². The SMILES string of the molecule is COCOc1cc(F)cc(OCc2cncn2CCOCc2ccccc2)c1. The molecule has 0 bridgehead atoms. The van der Waals surface area contributed by atoms with E-state index in [-0.39, 0.29) is 13.4 Å². The molecular formula is C21H23FN2O4. The van der Waals surface area contributed by atoms with Crippen molar-refractivity contribution in [3.63, 3.8) is 0 Å². The van der Waals surface area contributed by atoms with Crippen molar-refractivity contribution in [2.24, 2.45) is 0 Å². The van der Waals surface area contributed by atoms with Crippen LogP contribution in [0, 0.1) is 5.82 Å². The summed E-state index contributed by atoms with van der Waals surface area (Å²) in [4.78, 5) is 4.16. The predicted molar refractivity (Wildman–Crippen MR) is 102 cm³/mol. The second-order valence-electron chi connectivity index (χ2n) is 6.08. The zero-order valence-electron chi connectivity index (χ0n) is 15.7. The average molecular weight is 386 g/mol. The molecule has 0 N–H and O–H groups in total. The Labute approximate surface area is 163 Å². The van der Waals surface area contributed by atoms with Crippen LogP contribution in [0.1, 0.15) is 11.3 Å². The van der Waals surface area contributed by atoms with Gasteiger partial charge in [0.15, 0.2) is 6.79 Å². The molecule has 0 aliphatic heterocycles. The van der Waals surface area contributed by atoms with Gasteiger partial charge in [0, 0.05) is 31.9 Å². The number of benzene rings is 2. The summed E-state index contributed by atoms with van der Waals surface area (Å²) in [7, 11) is 1.50. The van der Waals surface area contributed by atoms with E-state index in [1.54, 1.807) is 18.6 Å². The molecule has 3 aromatic rings. The van der Waals surface area contributed by atoms with Gasteiger partial charge in [-0.15, -0.1) is 0 Å². The molecule has 0 aliphatic carbocycles. The Hall–Kier alpha value is -2.90. The topological polar surface area (TPSA) is 54.7 Å². The van der Waals surface area contributed by atoms with Crippen molar-refractivity contribution in [3.05, 3.63) is 78.1 Å². The maximum Gasteiger partial charge on any atom is 0.188 e. The molecule has 3 rings (SSSR count). The highest BCUT2D eigenvalue weighted by Crippen LogP contribution is 2.23. The third-order valence-electron chi connectivity index (χ3n) is 3.96. The van der Waals surface area contributed by atoms with Crippen LogP contribution in [0.4, 0.5) is 4.39 Å². The van der Waals surface area contributed by atoms with Crippen LogP contribution >= 0.6 is 0 Å². The number of aromatic nitrogens is 2. The Morgan fingerprint density at radius 2 is 1.79 bits per heavy atom. The normalized spacial score (nSPS) is 10.8. The summed E-state index contributed by atoms with van der Waals surface area (Å²) in [5, 5.41) is 0. The van der Waals surface area contributed by atoms with Gasteiger partial charge in [-0.1, -0.05) is 30.3 Å². The van der Waals surface area contributed by atoms with Crippen molar-refractivity contribution in [1.29, 1.82) is 0 Å². The van der Waals surface area contributed by atoms with Gasteiger partial charge < -0.3 is 23.5 Å². The number of rotatable bonds is 11. The van der Waals surface area contributed by atoms with E-state index in [9.17, 15) is 4.39 Å². The number of nitrogens with zero attached hydrogens (tertiary/aromatic N) is 2. The van der Waals surface area contributed by atoms with Crippen molar-refractivity contribution >= 4 is 0 Å². The van der Waals surface area contributed by atoms with Gasteiger partial charge in [0.1, 0.15) is 23.9 Å². The van der Waals surface area contributed by atoms with Gasteiger partial charge in [-0.05, 0) is 5.56 Å². The molecule has 6 nitrogen and oxygen atoms in total. The van der Waals surface area contributed by atoms with Gasteiger partial charge in [-0.3, -0.25) is 0 Å². The predicted octanol–water partition coefficient (Wildman–Crippen LogP) is 3.80. The average Bonchev–Trinajstić information content (AvgIpc) is 3.16. The molecule has 0 spiro atoms. The molecule has 1 heterocycles. The molecule has 0 unspecified atom stereocenters. The van der Waals surface area contributed by atoms with E-state index in [1.165, 1.54) is 19.2 Å². The number of hydrogen-bond acceptors (Lipinski definition) is 5. The second-order valence-corrected chi connectivity index (χ2v) is 6.08. The van der Waals surface area contributed by atoms with Gasteiger partial charge in [0.05, 0.1) is 31.4 Å². The van der Waals surface area contributed by atoms with Crippen LogP contribution in [0.15, 0.2) is 61.1 Å². The van der Waals surface area contributed by atoms with Gasteiger partial charge in [-0.2, -0.15) is 0 Å². The van der Waals surface area contributed by atoms with E-state index in [0.717, 1.165) is 11.3 Å². The lowest BCUT2D eigenvalue weighted by Crippen LogP contribution is -2.10. The minimum Gasteiger partial charge on any atom is -0.487 e. The molecule has 2 aromatic carbocycles. The van der Waals surface area contributed by atoms with Crippen LogP contribution in [0.25, 0.3) is 0 Å². The zero-order chi connectivity index (χ0) is 19.6. The van der Waals surface area contributed by atoms with Crippen LogP contribution in [-0.2, 0) is 29.2 Å². The Kier molecular flexibility index (Phi) is 7.40. The molecule has 0 aliphatic rings. The monoisotopic (exact) mass is 386 g/mol. The summed E-state index contributed by atoms with van der Waals surface area (Å²) in [6.07, 6.45) is 3.45. The molecule has 1 aromatic heterocycles. The maximum absolute atomic E-state index is 13.7. The second kappa shape index (κ2) is 10.4. The molecule has 0 radical (unpaired) electrons. The molecule has 148 valence electrons. The lowest BCUT2D eigenvalue weighted by Gasteiger charge is -2.12. The highest BCUT2D eigenvalue weighted by molar-refractivity contribution is 5.34. The van der Waals surface area contributed by atoms with Gasteiger partial charge >= 0.3 is 0 Å². The van der Waals surface area contributed by atoms with Crippen molar-refractivity contribution in [2.45, 2.75) is 19.8 Å². The summed E-state index contributed by atoms with van der Waals surface area (Å²) in [5.41, 5.74) is 2.00.